The third-order valence-corrected chi connectivity index (χ3v) is 2.73. The molecule has 2 aliphatic heterocycles. The van der Waals surface area contributed by atoms with E-state index in [2.05, 4.69) is 0 Å². The van der Waals surface area contributed by atoms with Crippen molar-refractivity contribution in [1.29, 1.82) is 0 Å². The molecule has 2 heterocycles. The van der Waals surface area contributed by atoms with Gasteiger partial charge in [-0.25, -0.2) is 9.69 Å². The minimum Gasteiger partial charge on any atom is -0.445 e. The van der Waals surface area contributed by atoms with Gasteiger partial charge in [-0.15, -0.1) is 0 Å². The second kappa shape index (κ2) is 2.29. The Labute approximate surface area is 70.5 Å². The molecule has 0 aromatic rings. The second-order valence-electron chi connectivity index (χ2n) is 3.34. The van der Waals surface area contributed by atoms with Crippen LogP contribution in [0.1, 0.15) is 19.8 Å². The number of hydrogen-bond acceptors (Lipinski definition) is 4. The summed E-state index contributed by atoms with van der Waals surface area (Å²) in [5.41, 5.74) is -0.931. The molecule has 2 saturated heterocycles. The van der Waals surface area contributed by atoms with Gasteiger partial charge >= 0.3 is 5.97 Å². The smallest absolute Gasteiger partial charge is 0.335 e. The zero-order valence-corrected chi connectivity index (χ0v) is 6.95. The predicted molar refractivity (Wildman–Crippen MR) is 40.3 cm³/mol. The molecule has 0 unspecified atom stereocenters. The number of fused-ring (bicyclic) bond motifs is 1. The summed E-state index contributed by atoms with van der Waals surface area (Å²) >= 11 is 0. The fourth-order valence-corrected chi connectivity index (χ4v) is 2.08. The molecule has 0 spiro atoms. The zero-order valence-electron chi connectivity index (χ0n) is 6.95. The zero-order chi connectivity index (χ0) is 8.77. The first-order valence-corrected chi connectivity index (χ1v) is 4.15. The lowest BCUT2D eigenvalue weighted by molar-refractivity contribution is -0.146. The number of carbonyl (C=O) groups excluding carboxylic acids is 2. The van der Waals surface area contributed by atoms with Crippen LogP contribution in [-0.4, -0.2) is 35.5 Å². The highest BCUT2D eigenvalue weighted by Gasteiger charge is 2.56. The number of aldehydes is 1. The molecule has 2 rings (SSSR count). The van der Waals surface area contributed by atoms with Crippen molar-refractivity contribution >= 4 is 12.3 Å². The lowest BCUT2D eigenvalue weighted by atomic mass is 10.00. The first-order valence-electron chi connectivity index (χ1n) is 4.15. The molecule has 4 heteroatoms. The second-order valence-corrected chi connectivity index (χ2v) is 3.34. The van der Waals surface area contributed by atoms with Crippen LogP contribution >= 0.6 is 0 Å². The quantitative estimate of drug-likeness (QED) is 0.313. The van der Waals surface area contributed by atoms with E-state index in [-0.39, 0.29) is 12.2 Å². The Morgan fingerprint density at radius 3 is 3.08 bits per heavy atom. The number of esters is 1. The van der Waals surface area contributed by atoms with Crippen molar-refractivity contribution in [3.05, 3.63) is 0 Å². The molecular formula is C8H11NO3. The minimum absolute atomic E-state index is 0.231. The maximum absolute atomic E-state index is 11.3. The molecule has 0 N–H and O–H groups in total. The van der Waals surface area contributed by atoms with E-state index < -0.39 is 5.54 Å². The van der Waals surface area contributed by atoms with Gasteiger partial charge in [-0.2, -0.15) is 0 Å². The van der Waals surface area contributed by atoms with Crippen molar-refractivity contribution in [2.24, 2.45) is 0 Å². The highest BCUT2D eigenvalue weighted by atomic mass is 16.6. The summed E-state index contributed by atoms with van der Waals surface area (Å²) in [7, 11) is 0. The Hall–Kier alpha value is -0.900. The van der Waals surface area contributed by atoms with E-state index in [1.807, 2.05) is 4.90 Å². The van der Waals surface area contributed by atoms with Gasteiger partial charge in [-0.05, 0) is 19.8 Å². The van der Waals surface area contributed by atoms with E-state index in [0.717, 1.165) is 19.3 Å². The van der Waals surface area contributed by atoms with Crippen LogP contribution < -0.4 is 0 Å². The van der Waals surface area contributed by atoms with Crippen LogP contribution in [0.5, 0.6) is 0 Å². The van der Waals surface area contributed by atoms with Crippen LogP contribution in [-0.2, 0) is 14.3 Å². The molecule has 2 aliphatic rings. The fraction of sp³-hybridized carbons (Fsp3) is 0.750. The molecule has 0 bridgehead atoms. The van der Waals surface area contributed by atoms with Crippen LogP contribution in [0.25, 0.3) is 0 Å². The van der Waals surface area contributed by atoms with Crippen LogP contribution in [0.3, 0.4) is 0 Å². The van der Waals surface area contributed by atoms with E-state index in [0.29, 0.717) is 6.42 Å². The highest BCUT2D eigenvalue weighted by Crippen LogP contribution is 2.36. The molecule has 0 aliphatic carbocycles. The van der Waals surface area contributed by atoms with Crippen molar-refractivity contribution in [2.75, 3.05) is 6.54 Å². The Kier molecular flexibility index (Phi) is 1.48. The minimum atomic E-state index is -0.931. The molecule has 0 aromatic heterocycles. The predicted octanol–water partition coefficient (Wildman–Crippen LogP) is -0.0773. The number of rotatable bonds is 1. The largest absolute Gasteiger partial charge is 0.445 e. The molecule has 0 saturated carbocycles. The number of ether oxygens (including phenoxy) is 1. The number of nitrogens with zero attached hydrogens (tertiary/aromatic N) is 1. The van der Waals surface area contributed by atoms with E-state index >= 15 is 0 Å². The molecule has 0 aromatic carbocycles. The molecule has 4 nitrogen and oxygen atoms in total. The SMILES string of the molecule is C[C@H]1OC(=O)[C@]2(C=O)CCCN12. The summed E-state index contributed by atoms with van der Waals surface area (Å²) in [5.74, 6) is -0.373. The van der Waals surface area contributed by atoms with Crippen molar-refractivity contribution in [3.63, 3.8) is 0 Å². The van der Waals surface area contributed by atoms with Gasteiger partial charge in [0.2, 0.25) is 0 Å². The number of cyclic esters (lactones) is 1. The van der Waals surface area contributed by atoms with Gasteiger partial charge in [0, 0.05) is 6.54 Å². The van der Waals surface area contributed by atoms with Crippen molar-refractivity contribution in [1.82, 2.24) is 4.90 Å². The normalized spacial score (nSPS) is 41.1. The molecule has 0 radical (unpaired) electrons. The summed E-state index contributed by atoms with van der Waals surface area (Å²) < 4.78 is 4.98. The summed E-state index contributed by atoms with van der Waals surface area (Å²) in [4.78, 5) is 24.0. The van der Waals surface area contributed by atoms with E-state index in [4.69, 9.17) is 4.74 Å². The maximum Gasteiger partial charge on any atom is 0.335 e. The molecule has 0 amide bonds. The first-order chi connectivity index (χ1) is 5.70. The summed E-state index contributed by atoms with van der Waals surface area (Å²) in [5, 5.41) is 0. The summed E-state index contributed by atoms with van der Waals surface area (Å²) in [6.07, 6.45) is 2.01. The number of carbonyl (C=O) groups is 2. The molecular weight excluding hydrogens is 158 g/mol. The lowest BCUT2D eigenvalue weighted by Gasteiger charge is -2.21. The van der Waals surface area contributed by atoms with Gasteiger partial charge in [0.25, 0.3) is 0 Å². The number of hydrogen-bond donors (Lipinski definition) is 0. The Morgan fingerprint density at radius 2 is 2.50 bits per heavy atom. The van der Waals surface area contributed by atoms with Crippen molar-refractivity contribution in [3.8, 4) is 0 Å². The molecule has 12 heavy (non-hydrogen) atoms. The van der Waals surface area contributed by atoms with E-state index in [1.54, 1.807) is 6.92 Å². The van der Waals surface area contributed by atoms with Gasteiger partial charge in [0.05, 0.1) is 0 Å². The molecule has 66 valence electrons. The lowest BCUT2D eigenvalue weighted by Crippen LogP contribution is -2.46. The van der Waals surface area contributed by atoms with E-state index in [1.165, 1.54) is 0 Å². The van der Waals surface area contributed by atoms with Crippen LogP contribution in [0.15, 0.2) is 0 Å². The van der Waals surface area contributed by atoms with Gasteiger partial charge in [-0.3, -0.25) is 0 Å². The highest BCUT2D eigenvalue weighted by molar-refractivity contribution is 6.00. The monoisotopic (exact) mass is 169 g/mol. The van der Waals surface area contributed by atoms with Crippen LogP contribution in [0, 0.1) is 0 Å². The van der Waals surface area contributed by atoms with E-state index in [9.17, 15) is 9.59 Å². The Bertz CT molecular complexity index is 240. The third kappa shape index (κ3) is 0.705. The van der Waals surface area contributed by atoms with Crippen LogP contribution in [0.4, 0.5) is 0 Å². The summed E-state index contributed by atoms with van der Waals surface area (Å²) in [6, 6.07) is 0. The van der Waals surface area contributed by atoms with Crippen LogP contribution in [0.2, 0.25) is 0 Å². The fourth-order valence-electron chi connectivity index (χ4n) is 2.08. The maximum atomic E-state index is 11.3. The Morgan fingerprint density at radius 1 is 1.75 bits per heavy atom. The van der Waals surface area contributed by atoms with Gasteiger partial charge < -0.3 is 9.53 Å². The first kappa shape index (κ1) is 7.73. The van der Waals surface area contributed by atoms with Gasteiger partial charge in [-0.1, -0.05) is 0 Å². The molecule has 2 atom stereocenters. The van der Waals surface area contributed by atoms with Gasteiger partial charge in [0.15, 0.2) is 18.1 Å². The van der Waals surface area contributed by atoms with Crippen molar-refractivity contribution in [2.45, 2.75) is 31.5 Å². The average Bonchev–Trinajstić information content (AvgIpc) is 2.55. The van der Waals surface area contributed by atoms with Crippen molar-refractivity contribution < 1.29 is 14.3 Å². The summed E-state index contributed by atoms with van der Waals surface area (Å²) in [6.45, 7) is 2.58. The van der Waals surface area contributed by atoms with Gasteiger partial charge in [0.1, 0.15) is 0 Å². The Balaban J connectivity index is 2.38. The topological polar surface area (TPSA) is 46.6 Å². The average molecular weight is 169 g/mol. The third-order valence-electron chi connectivity index (χ3n) is 2.73. The standard InChI is InChI=1S/C8H11NO3/c1-6-9-4-2-3-8(9,5-10)7(11)12-6/h5-6H,2-4H2,1H3/t6-,8-/m1/s1. The molecule has 2 fully saturated rings.